The van der Waals surface area contributed by atoms with Gasteiger partial charge in [-0.1, -0.05) is 6.92 Å². The van der Waals surface area contributed by atoms with Crippen LogP contribution in [0.15, 0.2) is 0 Å². The van der Waals surface area contributed by atoms with Gasteiger partial charge in [-0.25, -0.2) is 9.10 Å². The first-order chi connectivity index (χ1) is 4.75. The largest absolute Gasteiger partial charge is 0.334 e. The monoisotopic (exact) mass is 160 g/mol. The first kappa shape index (κ1) is 7.40. The van der Waals surface area contributed by atoms with Crippen LogP contribution in [0.1, 0.15) is 6.92 Å². The van der Waals surface area contributed by atoms with Crippen molar-refractivity contribution < 1.29 is 9.59 Å². The second-order valence-electron chi connectivity index (χ2n) is 1.76. The third-order valence-corrected chi connectivity index (χ3v) is 1.95. The van der Waals surface area contributed by atoms with Crippen LogP contribution in [0.4, 0.5) is 4.79 Å². The average Bonchev–Trinajstić information content (AvgIpc) is 2.20. The summed E-state index contributed by atoms with van der Waals surface area (Å²) < 4.78 is 1.15. The summed E-state index contributed by atoms with van der Waals surface area (Å²) in [6.45, 7) is 2.04. The van der Waals surface area contributed by atoms with Gasteiger partial charge in [0.1, 0.15) is 6.54 Å². The van der Waals surface area contributed by atoms with Gasteiger partial charge in [-0.05, 0) is 11.9 Å². The van der Waals surface area contributed by atoms with E-state index in [1.165, 1.54) is 11.9 Å². The molecule has 0 aromatic heterocycles. The van der Waals surface area contributed by atoms with Gasteiger partial charge >= 0.3 is 6.03 Å². The zero-order valence-electron chi connectivity index (χ0n) is 5.59. The maximum absolute atomic E-state index is 10.8. The van der Waals surface area contributed by atoms with Crippen LogP contribution in [0.3, 0.4) is 0 Å². The Morgan fingerprint density at radius 1 is 1.70 bits per heavy atom. The van der Waals surface area contributed by atoms with Gasteiger partial charge < -0.3 is 5.32 Å². The quantitative estimate of drug-likeness (QED) is 0.464. The number of hydrogen-bond acceptors (Lipinski definition) is 3. The molecule has 1 heterocycles. The van der Waals surface area contributed by atoms with Gasteiger partial charge in [0.15, 0.2) is 0 Å². The summed E-state index contributed by atoms with van der Waals surface area (Å²) in [5.74, 6) is 0.580. The Kier molecular flexibility index (Phi) is 2.16. The Morgan fingerprint density at radius 2 is 2.40 bits per heavy atom. The molecule has 0 unspecified atom stereocenters. The number of hydrogen-bond donors (Lipinski definition) is 1. The fraction of sp³-hybridized carbons (Fsp3) is 0.600. The molecule has 1 aliphatic rings. The van der Waals surface area contributed by atoms with E-state index in [1.54, 1.807) is 0 Å². The fourth-order valence-corrected chi connectivity index (χ4v) is 1.32. The molecule has 0 spiro atoms. The number of amides is 3. The number of rotatable bonds is 2. The van der Waals surface area contributed by atoms with Crippen LogP contribution in [0.5, 0.6) is 0 Å². The highest BCUT2D eigenvalue weighted by molar-refractivity contribution is 7.98. The molecule has 0 aromatic carbocycles. The second kappa shape index (κ2) is 2.92. The van der Waals surface area contributed by atoms with Crippen molar-refractivity contribution in [3.63, 3.8) is 0 Å². The van der Waals surface area contributed by atoms with Crippen LogP contribution < -0.4 is 5.32 Å². The SMILES string of the molecule is CCSN1C(=O)CNC1=O. The maximum atomic E-state index is 10.8. The van der Waals surface area contributed by atoms with Crippen LogP contribution in [0.25, 0.3) is 0 Å². The third kappa shape index (κ3) is 1.23. The van der Waals surface area contributed by atoms with E-state index in [0.717, 1.165) is 10.1 Å². The van der Waals surface area contributed by atoms with E-state index in [9.17, 15) is 9.59 Å². The molecular weight excluding hydrogens is 152 g/mol. The molecule has 1 fully saturated rings. The second-order valence-corrected chi connectivity index (χ2v) is 2.97. The lowest BCUT2D eigenvalue weighted by Gasteiger charge is -2.07. The summed E-state index contributed by atoms with van der Waals surface area (Å²) in [5.41, 5.74) is 0. The molecule has 1 aliphatic heterocycles. The van der Waals surface area contributed by atoms with Crippen LogP contribution >= 0.6 is 11.9 Å². The molecule has 3 amide bonds. The number of urea groups is 1. The van der Waals surface area contributed by atoms with Gasteiger partial charge in [-0.15, -0.1) is 0 Å². The number of carbonyl (C=O) groups is 2. The van der Waals surface area contributed by atoms with E-state index in [1.807, 2.05) is 6.92 Å². The highest BCUT2D eigenvalue weighted by Crippen LogP contribution is 2.12. The van der Waals surface area contributed by atoms with E-state index >= 15 is 0 Å². The lowest BCUT2D eigenvalue weighted by molar-refractivity contribution is -0.121. The predicted octanol–water partition coefficient (Wildman–Crippen LogP) is 0.206. The summed E-state index contributed by atoms with van der Waals surface area (Å²) in [6.07, 6.45) is 0. The van der Waals surface area contributed by atoms with Gasteiger partial charge in [-0.2, -0.15) is 0 Å². The van der Waals surface area contributed by atoms with Crippen LogP contribution in [-0.4, -0.2) is 28.5 Å². The molecule has 56 valence electrons. The predicted molar refractivity (Wildman–Crippen MR) is 38.4 cm³/mol. The highest BCUT2D eigenvalue weighted by atomic mass is 32.2. The lowest BCUT2D eigenvalue weighted by atomic mass is 10.7. The van der Waals surface area contributed by atoms with Crippen molar-refractivity contribution in [2.45, 2.75) is 6.92 Å². The minimum atomic E-state index is -0.295. The van der Waals surface area contributed by atoms with E-state index < -0.39 is 0 Å². The molecule has 0 radical (unpaired) electrons. The van der Waals surface area contributed by atoms with Crippen molar-refractivity contribution in [3.05, 3.63) is 0 Å². The van der Waals surface area contributed by atoms with Crippen molar-refractivity contribution in [3.8, 4) is 0 Å². The molecular formula is C5H8N2O2S. The molecule has 5 heteroatoms. The maximum Gasteiger partial charge on any atom is 0.334 e. The molecule has 1 saturated heterocycles. The Morgan fingerprint density at radius 3 is 2.80 bits per heavy atom. The van der Waals surface area contributed by atoms with Gasteiger partial charge in [-0.3, -0.25) is 4.79 Å². The molecule has 0 atom stereocenters. The van der Waals surface area contributed by atoms with Gasteiger partial charge in [0.05, 0.1) is 0 Å². The van der Waals surface area contributed by atoms with Crippen molar-refractivity contribution in [1.29, 1.82) is 0 Å². The fourth-order valence-electron chi connectivity index (χ4n) is 0.668. The molecule has 0 bridgehead atoms. The summed E-state index contributed by atoms with van der Waals surface area (Å²) in [4.78, 5) is 21.5. The summed E-state index contributed by atoms with van der Waals surface area (Å²) in [7, 11) is 0. The van der Waals surface area contributed by atoms with Crippen LogP contribution in [0, 0.1) is 0 Å². The van der Waals surface area contributed by atoms with E-state index in [2.05, 4.69) is 5.32 Å². The van der Waals surface area contributed by atoms with E-state index in [4.69, 9.17) is 0 Å². The zero-order chi connectivity index (χ0) is 7.56. The molecule has 4 nitrogen and oxygen atoms in total. The zero-order valence-corrected chi connectivity index (χ0v) is 6.40. The topological polar surface area (TPSA) is 49.4 Å². The number of imide groups is 1. The van der Waals surface area contributed by atoms with E-state index in [-0.39, 0.29) is 18.5 Å². The highest BCUT2D eigenvalue weighted by Gasteiger charge is 2.28. The Bertz CT molecular complexity index is 155. The van der Waals surface area contributed by atoms with Gasteiger partial charge in [0, 0.05) is 5.75 Å². The smallest absolute Gasteiger partial charge is 0.328 e. The number of carbonyl (C=O) groups excluding carboxylic acids is 2. The summed E-state index contributed by atoms with van der Waals surface area (Å²) in [6, 6.07) is -0.295. The van der Waals surface area contributed by atoms with Crippen molar-refractivity contribution in [2.24, 2.45) is 0 Å². The number of nitrogens with one attached hydrogen (secondary N) is 1. The minimum Gasteiger partial charge on any atom is -0.328 e. The van der Waals surface area contributed by atoms with Crippen molar-refractivity contribution in [2.75, 3.05) is 12.3 Å². The lowest BCUT2D eigenvalue weighted by Crippen LogP contribution is -2.24. The molecule has 0 aromatic rings. The molecule has 1 N–H and O–H groups in total. The number of nitrogens with zero attached hydrogens (tertiary/aromatic N) is 1. The summed E-state index contributed by atoms with van der Waals surface area (Å²) >= 11 is 1.23. The average molecular weight is 160 g/mol. The van der Waals surface area contributed by atoms with Gasteiger partial charge in [0.25, 0.3) is 5.91 Å². The Balaban J connectivity index is 2.54. The summed E-state index contributed by atoms with van der Waals surface area (Å²) in [5, 5.41) is 2.42. The molecule has 0 saturated carbocycles. The molecule has 10 heavy (non-hydrogen) atoms. The first-order valence-electron chi connectivity index (χ1n) is 2.99. The standard InChI is InChI=1S/C5H8N2O2S/c1-2-10-7-4(8)3-6-5(7)9/h2-3H2,1H3,(H,6,9). The van der Waals surface area contributed by atoms with Gasteiger partial charge in [0.2, 0.25) is 0 Å². The normalized spacial score (nSPS) is 17.9. The first-order valence-corrected chi connectivity index (χ1v) is 3.93. The van der Waals surface area contributed by atoms with Crippen molar-refractivity contribution >= 4 is 23.9 Å². The molecule has 1 rings (SSSR count). The Labute approximate surface area is 63.1 Å². The third-order valence-electron chi connectivity index (χ3n) is 1.06. The van der Waals surface area contributed by atoms with E-state index in [0.29, 0.717) is 0 Å². The Hall–Kier alpha value is -0.710. The van der Waals surface area contributed by atoms with Crippen LogP contribution in [-0.2, 0) is 4.79 Å². The minimum absolute atomic E-state index is 0.145. The molecule has 0 aliphatic carbocycles. The van der Waals surface area contributed by atoms with Crippen LogP contribution in [0.2, 0.25) is 0 Å². The van der Waals surface area contributed by atoms with Crippen molar-refractivity contribution in [1.82, 2.24) is 9.62 Å².